The fraction of sp³-hybridized carbons (Fsp3) is 0.455. The Bertz CT molecular complexity index is 281. The van der Waals surface area contributed by atoms with Crippen LogP contribution in [0.3, 0.4) is 0 Å². The van der Waals surface area contributed by atoms with Crippen molar-refractivity contribution in [3.63, 3.8) is 0 Å². The molecule has 0 saturated heterocycles. The number of rotatable bonds is 3. The minimum atomic E-state index is -0.111. The van der Waals surface area contributed by atoms with Gasteiger partial charge in [-0.15, -0.1) is 0 Å². The topological polar surface area (TPSA) is 26.0 Å². The van der Waals surface area contributed by atoms with Gasteiger partial charge in [-0.05, 0) is 43.9 Å². The predicted molar refractivity (Wildman–Crippen MR) is 53.1 cm³/mol. The highest BCUT2D eigenvalue weighted by atomic mass is 19.1. The first-order valence-corrected chi connectivity index (χ1v) is 4.60. The van der Waals surface area contributed by atoms with E-state index in [9.17, 15) is 4.39 Å². The van der Waals surface area contributed by atoms with E-state index in [1.54, 1.807) is 6.07 Å². The Balaban J connectivity index is 2.67. The van der Waals surface area contributed by atoms with Gasteiger partial charge in [-0.1, -0.05) is 12.1 Å². The third kappa shape index (κ3) is 3.15. The van der Waals surface area contributed by atoms with Crippen LogP contribution in [-0.2, 0) is 6.42 Å². The molecule has 0 spiro atoms. The van der Waals surface area contributed by atoms with E-state index in [-0.39, 0.29) is 11.9 Å². The zero-order chi connectivity index (χ0) is 9.84. The average molecular weight is 181 g/mol. The van der Waals surface area contributed by atoms with Gasteiger partial charge >= 0.3 is 0 Å². The van der Waals surface area contributed by atoms with Crippen molar-refractivity contribution < 1.29 is 4.39 Å². The summed E-state index contributed by atoms with van der Waals surface area (Å²) in [4.78, 5) is 0. The maximum absolute atomic E-state index is 13.3. The van der Waals surface area contributed by atoms with E-state index < -0.39 is 0 Å². The van der Waals surface area contributed by atoms with Gasteiger partial charge in [0.15, 0.2) is 0 Å². The van der Waals surface area contributed by atoms with Crippen molar-refractivity contribution >= 4 is 0 Å². The second-order valence-electron chi connectivity index (χ2n) is 3.61. The van der Waals surface area contributed by atoms with Crippen molar-refractivity contribution in [1.82, 2.24) is 0 Å². The normalized spacial score (nSPS) is 12.9. The van der Waals surface area contributed by atoms with Crippen molar-refractivity contribution in [2.75, 3.05) is 0 Å². The second kappa shape index (κ2) is 4.38. The third-order valence-corrected chi connectivity index (χ3v) is 2.08. The van der Waals surface area contributed by atoms with Gasteiger partial charge in [0.25, 0.3) is 0 Å². The number of halogens is 1. The first-order chi connectivity index (χ1) is 6.09. The molecule has 1 rings (SSSR count). The smallest absolute Gasteiger partial charge is 0.126 e. The molecule has 1 aromatic rings. The van der Waals surface area contributed by atoms with E-state index in [0.717, 1.165) is 24.0 Å². The highest BCUT2D eigenvalue weighted by Crippen LogP contribution is 2.12. The Morgan fingerprint density at radius 2 is 2.15 bits per heavy atom. The number of nitrogens with two attached hydrogens (primary N) is 1. The van der Waals surface area contributed by atoms with Crippen molar-refractivity contribution in [3.8, 4) is 0 Å². The number of hydrogen-bond acceptors (Lipinski definition) is 1. The first kappa shape index (κ1) is 10.2. The summed E-state index contributed by atoms with van der Waals surface area (Å²) in [5.74, 6) is -0.111. The molecular formula is C11H16FN. The molecule has 0 heterocycles. The summed E-state index contributed by atoms with van der Waals surface area (Å²) in [6.07, 6.45) is 1.56. The molecule has 0 saturated carbocycles. The number of benzene rings is 1. The molecule has 0 fully saturated rings. The highest BCUT2D eigenvalue weighted by Gasteiger charge is 2.03. The summed E-state index contributed by atoms with van der Waals surface area (Å²) < 4.78 is 13.3. The Hall–Kier alpha value is -0.890. The minimum Gasteiger partial charge on any atom is -0.328 e. The molecule has 2 N–H and O–H groups in total. The Morgan fingerprint density at radius 3 is 2.69 bits per heavy atom. The quantitative estimate of drug-likeness (QED) is 0.761. The summed E-state index contributed by atoms with van der Waals surface area (Å²) in [5.41, 5.74) is 7.32. The fourth-order valence-electron chi connectivity index (χ4n) is 1.24. The molecule has 0 aliphatic rings. The first-order valence-electron chi connectivity index (χ1n) is 4.60. The van der Waals surface area contributed by atoms with E-state index in [2.05, 4.69) is 0 Å². The molecule has 1 aromatic carbocycles. The fourth-order valence-corrected chi connectivity index (χ4v) is 1.24. The van der Waals surface area contributed by atoms with Crippen molar-refractivity contribution in [2.45, 2.75) is 32.7 Å². The lowest BCUT2D eigenvalue weighted by atomic mass is 10.0. The highest BCUT2D eigenvalue weighted by molar-refractivity contribution is 5.23. The number of aryl methyl sites for hydroxylation is 2. The van der Waals surface area contributed by atoms with Gasteiger partial charge < -0.3 is 5.73 Å². The molecule has 0 amide bonds. The summed E-state index contributed by atoms with van der Waals surface area (Å²) in [5, 5.41) is 0. The van der Waals surface area contributed by atoms with Crippen molar-refractivity contribution in [2.24, 2.45) is 5.73 Å². The van der Waals surface area contributed by atoms with E-state index in [1.807, 2.05) is 26.0 Å². The van der Waals surface area contributed by atoms with E-state index in [4.69, 9.17) is 5.73 Å². The molecule has 0 aliphatic carbocycles. The molecule has 0 unspecified atom stereocenters. The monoisotopic (exact) mass is 181 g/mol. The van der Waals surface area contributed by atoms with Gasteiger partial charge in [0, 0.05) is 6.04 Å². The molecule has 2 heteroatoms. The molecule has 0 bridgehead atoms. The van der Waals surface area contributed by atoms with E-state index in [0.29, 0.717) is 0 Å². The summed E-state index contributed by atoms with van der Waals surface area (Å²) in [6.45, 7) is 3.82. The molecular weight excluding hydrogens is 165 g/mol. The molecule has 1 atom stereocenters. The van der Waals surface area contributed by atoms with Crippen LogP contribution in [0.5, 0.6) is 0 Å². The SMILES string of the molecule is Cc1ccc(CC[C@H](C)N)c(F)c1. The van der Waals surface area contributed by atoms with Gasteiger partial charge in [-0.2, -0.15) is 0 Å². The Labute approximate surface area is 78.8 Å². The lowest BCUT2D eigenvalue weighted by molar-refractivity contribution is 0.589. The van der Waals surface area contributed by atoms with Crippen LogP contribution in [0.4, 0.5) is 4.39 Å². The molecule has 0 aromatic heterocycles. The lowest BCUT2D eigenvalue weighted by Gasteiger charge is -2.06. The summed E-state index contributed by atoms with van der Waals surface area (Å²) >= 11 is 0. The minimum absolute atomic E-state index is 0.111. The average Bonchev–Trinajstić information content (AvgIpc) is 2.02. The van der Waals surface area contributed by atoms with Crippen LogP contribution < -0.4 is 5.73 Å². The molecule has 1 nitrogen and oxygen atoms in total. The van der Waals surface area contributed by atoms with Gasteiger partial charge in [0.1, 0.15) is 5.82 Å². The molecule has 13 heavy (non-hydrogen) atoms. The maximum Gasteiger partial charge on any atom is 0.126 e. The van der Waals surface area contributed by atoms with Crippen LogP contribution >= 0.6 is 0 Å². The molecule has 0 aliphatic heterocycles. The standard InChI is InChI=1S/C11H16FN/c1-8-3-5-10(11(12)7-8)6-4-9(2)13/h3,5,7,9H,4,6,13H2,1-2H3/t9-/m0/s1. The van der Waals surface area contributed by atoms with Gasteiger partial charge in [0.2, 0.25) is 0 Å². The van der Waals surface area contributed by atoms with Gasteiger partial charge in [-0.25, -0.2) is 4.39 Å². The summed E-state index contributed by atoms with van der Waals surface area (Å²) in [7, 11) is 0. The van der Waals surface area contributed by atoms with Gasteiger partial charge in [0.05, 0.1) is 0 Å². The van der Waals surface area contributed by atoms with Crippen LogP contribution in [0, 0.1) is 12.7 Å². The Morgan fingerprint density at radius 1 is 1.46 bits per heavy atom. The van der Waals surface area contributed by atoms with Gasteiger partial charge in [-0.3, -0.25) is 0 Å². The summed E-state index contributed by atoms with van der Waals surface area (Å²) in [6, 6.07) is 5.48. The van der Waals surface area contributed by atoms with E-state index >= 15 is 0 Å². The molecule has 72 valence electrons. The maximum atomic E-state index is 13.3. The zero-order valence-corrected chi connectivity index (χ0v) is 8.18. The largest absolute Gasteiger partial charge is 0.328 e. The second-order valence-corrected chi connectivity index (χ2v) is 3.61. The third-order valence-electron chi connectivity index (χ3n) is 2.08. The lowest BCUT2D eigenvalue weighted by Crippen LogP contribution is -2.15. The van der Waals surface area contributed by atoms with Crippen LogP contribution in [0.15, 0.2) is 18.2 Å². The Kier molecular flexibility index (Phi) is 3.43. The predicted octanol–water partition coefficient (Wildman–Crippen LogP) is 2.41. The van der Waals surface area contributed by atoms with Crippen LogP contribution in [0.2, 0.25) is 0 Å². The van der Waals surface area contributed by atoms with Crippen molar-refractivity contribution in [1.29, 1.82) is 0 Å². The van der Waals surface area contributed by atoms with Crippen molar-refractivity contribution in [3.05, 3.63) is 35.1 Å². The van der Waals surface area contributed by atoms with Crippen LogP contribution in [0.25, 0.3) is 0 Å². The van der Waals surface area contributed by atoms with Crippen LogP contribution in [0.1, 0.15) is 24.5 Å². The molecule has 0 radical (unpaired) electrons. The zero-order valence-electron chi connectivity index (χ0n) is 8.18. The van der Waals surface area contributed by atoms with Crippen LogP contribution in [-0.4, -0.2) is 6.04 Å². The number of hydrogen-bond donors (Lipinski definition) is 1. The van der Waals surface area contributed by atoms with E-state index in [1.165, 1.54) is 0 Å².